The van der Waals surface area contributed by atoms with Crippen LogP contribution in [0.4, 0.5) is 4.39 Å². The summed E-state index contributed by atoms with van der Waals surface area (Å²) in [6, 6.07) is 14.2. The summed E-state index contributed by atoms with van der Waals surface area (Å²) in [6.07, 6.45) is 0.637. The number of methoxy groups -OCH3 is 1. The van der Waals surface area contributed by atoms with Gasteiger partial charge >= 0.3 is 0 Å². The predicted octanol–water partition coefficient (Wildman–Crippen LogP) is 2.51. The van der Waals surface area contributed by atoms with Gasteiger partial charge in [-0.1, -0.05) is 36.4 Å². The van der Waals surface area contributed by atoms with Gasteiger partial charge in [-0.05, 0) is 24.1 Å². The van der Waals surface area contributed by atoms with Gasteiger partial charge in [0, 0.05) is 13.1 Å². The van der Waals surface area contributed by atoms with E-state index in [1.165, 1.54) is 24.1 Å². The van der Waals surface area contributed by atoms with Crippen molar-refractivity contribution < 1.29 is 19.0 Å². The van der Waals surface area contributed by atoms with Crippen molar-refractivity contribution in [2.24, 2.45) is 0 Å². The summed E-state index contributed by atoms with van der Waals surface area (Å²) in [7, 11) is 1.35. The van der Waals surface area contributed by atoms with Crippen molar-refractivity contribution in [3.8, 4) is 5.75 Å². The molecule has 0 aliphatic heterocycles. The Morgan fingerprint density at radius 1 is 1.13 bits per heavy atom. The van der Waals surface area contributed by atoms with Gasteiger partial charge in [-0.25, -0.2) is 4.39 Å². The van der Waals surface area contributed by atoms with Crippen LogP contribution in [0.25, 0.3) is 0 Å². The first-order valence-electron chi connectivity index (χ1n) is 7.44. The van der Waals surface area contributed by atoms with Gasteiger partial charge in [0.2, 0.25) is 0 Å². The van der Waals surface area contributed by atoms with Crippen molar-refractivity contribution in [3.05, 3.63) is 65.5 Å². The van der Waals surface area contributed by atoms with Gasteiger partial charge < -0.3 is 14.7 Å². The molecule has 0 spiro atoms. The maximum Gasteiger partial charge on any atom is 0.257 e. The Labute approximate surface area is 135 Å². The third-order valence-corrected chi connectivity index (χ3v) is 3.58. The quantitative estimate of drug-likeness (QED) is 0.853. The topological polar surface area (TPSA) is 49.8 Å². The Kier molecular flexibility index (Phi) is 6.11. The number of carbonyl (C=O) groups is 1. The van der Waals surface area contributed by atoms with E-state index < -0.39 is 11.7 Å². The van der Waals surface area contributed by atoms with Gasteiger partial charge in [-0.3, -0.25) is 4.79 Å². The second-order valence-corrected chi connectivity index (χ2v) is 5.07. The van der Waals surface area contributed by atoms with Crippen molar-refractivity contribution in [1.82, 2.24) is 4.90 Å². The number of hydrogen-bond acceptors (Lipinski definition) is 3. The third-order valence-electron chi connectivity index (χ3n) is 3.58. The number of nitrogens with zero attached hydrogens (tertiary/aromatic N) is 1. The Morgan fingerprint density at radius 3 is 2.52 bits per heavy atom. The van der Waals surface area contributed by atoms with E-state index in [-0.39, 0.29) is 24.5 Å². The highest BCUT2D eigenvalue weighted by molar-refractivity contribution is 5.95. The molecule has 2 aromatic rings. The molecule has 122 valence electrons. The molecule has 0 heterocycles. The SMILES string of the molecule is COc1cccc(C(=O)N(CCO)CCc2ccccc2)c1F. The van der Waals surface area contributed by atoms with E-state index >= 15 is 0 Å². The molecular weight excluding hydrogens is 297 g/mol. The molecule has 0 unspecified atom stereocenters. The average Bonchev–Trinajstić information content (AvgIpc) is 2.59. The fraction of sp³-hybridized carbons (Fsp3) is 0.278. The molecule has 2 aromatic carbocycles. The number of halogens is 1. The number of aliphatic hydroxyl groups excluding tert-OH is 1. The molecule has 0 saturated carbocycles. The Balaban J connectivity index is 2.15. The van der Waals surface area contributed by atoms with Crippen LogP contribution >= 0.6 is 0 Å². The lowest BCUT2D eigenvalue weighted by molar-refractivity contribution is 0.0718. The zero-order valence-electron chi connectivity index (χ0n) is 13.0. The Morgan fingerprint density at radius 2 is 1.87 bits per heavy atom. The second-order valence-electron chi connectivity index (χ2n) is 5.07. The minimum Gasteiger partial charge on any atom is -0.494 e. The summed E-state index contributed by atoms with van der Waals surface area (Å²) >= 11 is 0. The first kappa shape index (κ1) is 17.0. The maximum absolute atomic E-state index is 14.3. The van der Waals surface area contributed by atoms with E-state index in [1.54, 1.807) is 6.07 Å². The molecule has 1 N–H and O–H groups in total. The lowest BCUT2D eigenvalue weighted by atomic mass is 10.1. The van der Waals surface area contributed by atoms with Crippen LogP contribution in [-0.4, -0.2) is 42.7 Å². The molecule has 2 rings (SSSR count). The molecule has 0 radical (unpaired) electrons. The summed E-state index contributed by atoms with van der Waals surface area (Å²) < 4.78 is 19.2. The van der Waals surface area contributed by atoms with E-state index in [9.17, 15) is 14.3 Å². The summed E-state index contributed by atoms with van der Waals surface area (Å²) in [5.41, 5.74) is 1.03. The normalized spacial score (nSPS) is 10.4. The van der Waals surface area contributed by atoms with Gasteiger partial charge in [-0.15, -0.1) is 0 Å². The molecule has 1 amide bonds. The number of hydrogen-bond donors (Lipinski definition) is 1. The first-order valence-corrected chi connectivity index (χ1v) is 7.44. The van der Waals surface area contributed by atoms with E-state index in [0.29, 0.717) is 13.0 Å². The van der Waals surface area contributed by atoms with Crippen LogP contribution in [0.15, 0.2) is 48.5 Å². The lowest BCUT2D eigenvalue weighted by Crippen LogP contribution is -2.35. The highest BCUT2D eigenvalue weighted by Crippen LogP contribution is 2.21. The predicted molar refractivity (Wildman–Crippen MR) is 86.1 cm³/mol. The molecule has 0 bridgehead atoms. The van der Waals surface area contributed by atoms with Gasteiger partial charge in [-0.2, -0.15) is 0 Å². The molecule has 23 heavy (non-hydrogen) atoms. The van der Waals surface area contributed by atoms with Gasteiger partial charge in [0.15, 0.2) is 11.6 Å². The summed E-state index contributed by atoms with van der Waals surface area (Å²) in [5.74, 6) is -1.10. The fourth-order valence-corrected chi connectivity index (χ4v) is 2.35. The van der Waals surface area contributed by atoms with Crippen LogP contribution in [0.1, 0.15) is 15.9 Å². The number of ether oxygens (including phenoxy) is 1. The number of benzene rings is 2. The van der Waals surface area contributed by atoms with Crippen LogP contribution in [-0.2, 0) is 6.42 Å². The summed E-state index contributed by atoms with van der Waals surface area (Å²) in [6.45, 7) is 0.383. The molecular formula is C18H20FNO3. The van der Waals surface area contributed by atoms with Crippen LogP contribution in [0.5, 0.6) is 5.75 Å². The van der Waals surface area contributed by atoms with Crippen molar-refractivity contribution in [3.63, 3.8) is 0 Å². The molecule has 0 aliphatic rings. The largest absolute Gasteiger partial charge is 0.494 e. The van der Waals surface area contributed by atoms with E-state index in [2.05, 4.69) is 0 Å². The standard InChI is InChI=1S/C18H20FNO3/c1-23-16-9-5-8-15(17(16)19)18(22)20(12-13-21)11-10-14-6-3-2-4-7-14/h2-9,21H,10-13H2,1H3. The fourth-order valence-electron chi connectivity index (χ4n) is 2.35. The Hall–Kier alpha value is -2.40. The minimum atomic E-state index is -0.678. The first-order chi connectivity index (χ1) is 11.2. The molecule has 0 aromatic heterocycles. The summed E-state index contributed by atoms with van der Waals surface area (Å²) in [5, 5.41) is 9.19. The Bertz CT molecular complexity index is 646. The zero-order chi connectivity index (χ0) is 16.7. The van der Waals surface area contributed by atoms with Crippen LogP contribution in [0.3, 0.4) is 0 Å². The molecule has 0 aliphatic carbocycles. The second kappa shape index (κ2) is 8.29. The van der Waals surface area contributed by atoms with Gasteiger partial charge in [0.1, 0.15) is 0 Å². The van der Waals surface area contributed by atoms with E-state index in [4.69, 9.17) is 4.74 Å². The highest BCUT2D eigenvalue weighted by Gasteiger charge is 2.21. The number of aliphatic hydroxyl groups is 1. The maximum atomic E-state index is 14.3. The lowest BCUT2D eigenvalue weighted by Gasteiger charge is -2.22. The van der Waals surface area contributed by atoms with Crippen molar-refractivity contribution in [1.29, 1.82) is 0 Å². The number of carbonyl (C=O) groups excluding carboxylic acids is 1. The zero-order valence-corrected chi connectivity index (χ0v) is 13.0. The summed E-state index contributed by atoms with van der Waals surface area (Å²) in [4.78, 5) is 14.0. The van der Waals surface area contributed by atoms with Crippen molar-refractivity contribution in [2.75, 3.05) is 26.8 Å². The van der Waals surface area contributed by atoms with Gasteiger partial charge in [0.25, 0.3) is 5.91 Å². The molecule has 0 atom stereocenters. The van der Waals surface area contributed by atoms with E-state index in [0.717, 1.165) is 5.56 Å². The van der Waals surface area contributed by atoms with Gasteiger partial charge in [0.05, 0.1) is 19.3 Å². The van der Waals surface area contributed by atoms with Crippen LogP contribution in [0.2, 0.25) is 0 Å². The monoisotopic (exact) mass is 317 g/mol. The van der Waals surface area contributed by atoms with Crippen molar-refractivity contribution in [2.45, 2.75) is 6.42 Å². The molecule has 4 nitrogen and oxygen atoms in total. The number of amides is 1. The minimum absolute atomic E-state index is 0.0304. The third kappa shape index (κ3) is 4.29. The smallest absolute Gasteiger partial charge is 0.257 e. The van der Waals surface area contributed by atoms with Crippen LogP contribution in [0, 0.1) is 5.82 Å². The molecule has 0 fully saturated rings. The highest BCUT2D eigenvalue weighted by atomic mass is 19.1. The molecule has 5 heteroatoms. The number of rotatable bonds is 7. The average molecular weight is 317 g/mol. The van der Waals surface area contributed by atoms with Crippen LogP contribution < -0.4 is 4.74 Å². The van der Waals surface area contributed by atoms with E-state index in [1.807, 2.05) is 30.3 Å². The van der Waals surface area contributed by atoms with Crippen molar-refractivity contribution >= 4 is 5.91 Å². The molecule has 0 saturated heterocycles.